The number of hydrogen-bond donors (Lipinski definition) is 2. The fraction of sp³-hybridized carbons (Fsp3) is 0.500. The number of alkyl halides is 3. The van der Waals surface area contributed by atoms with Gasteiger partial charge in [-0.2, -0.15) is 13.2 Å². The van der Waals surface area contributed by atoms with Crippen LogP contribution in [0.2, 0.25) is 10.0 Å². The standard InChI is InChI=1S/C14H16Cl2F3N3O.ClH/c15-10-2-1-9(7-11(10)16)13(23)21-8-12(14(17,18)19)22-5-3-20-4-6-22;/h1-2,7,12,20H,3-6,8H2,(H,21,23);1H. The quantitative estimate of drug-likeness (QED) is 0.808. The molecule has 24 heavy (non-hydrogen) atoms. The van der Waals surface area contributed by atoms with Gasteiger partial charge in [-0.15, -0.1) is 12.4 Å². The Labute approximate surface area is 154 Å². The first-order valence-electron chi connectivity index (χ1n) is 7.04. The highest BCUT2D eigenvalue weighted by Crippen LogP contribution is 2.25. The summed E-state index contributed by atoms with van der Waals surface area (Å²) in [6.45, 7) is 1.04. The van der Waals surface area contributed by atoms with Crippen molar-refractivity contribution in [3.63, 3.8) is 0 Å². The smallest absolute Gasteiger partial charge is 0.350 e. The van der Waals surface area contributed by atoms with E-state index >= 15 is 0 Å². The summed E-state index contributed by atoms with van der Waals surface area (Å²) in [6.07, 6.45) is -4.41. The number of nitrogens with zero attached hydrogens (tertiary/aromatic N) is 1. The molecular weight excluding hydrogens is 390 g/mol. The van der Waals surface area contributed by atoms with Gasteiger partial charge in [-0.05, 0) is 18.2 Å². The van der Waals surface area contributed by atoms with E-state index < -0.39 is 24.7 Å². The Morgan fingerprint density at radius 2 is 1.88 bits per heavy atom. The predicted molar refractivity (Wildman–Crippen MR) is 90.3 cm³/mol. The van der Waals surface area contributed by atoms with Crippen LogP contribution in [0.1, 0.15) is 10.4 Å². The van der Waals surface area contributed by atoms with Crippen molar-refractivity contribution in [3.8, 4) is 0 Å². The van der Waals surface area contributed by atoms with Crippen molar-refractivity contribution in [2.45, 2.75) is 12.2 Å². The molecule has 1 aromatic carbocycles. The van der Waals surface area contributed by atoms with Crippen molar-refractivity contribution in [1.82, 2.24) is 15.5 Å². The molecule has 4 nitrogen and oxygen atoms in total. The summed E-state index contributed by atoms with van der Waals surface area (Å²) in [5.74, 6) is -0.618. The Morgan fingerprint density at radius 3 is 2.42 bits per heavy atom. The number of nitrogens with one attached hydrogen (secondary N) is 2. The van der Waals surface area contributed by atoms with E-state index in [0.717, 1.165) is 0 Å². The second-order valence-electron chi connectivity index (χ2n) is 5.18. The van der Waals surface area contributed by atoms with Gasteiger partial charge in [-0.25, -0.2) is 0 Å². The van der Waals surface area contributed by atoms with E-state index in [1.54, 1.807) is 0 Å². The van der Waals surface area contributed by atoms with E-state index in [4.69, 9.17) is 23.2 Å². The normalized spacial score (nSPS) is 17.0. The lowest BCUT2D eigenvalue weighted by Crippen LogP contribution is -2.57. The third-order valence-corrected chi connectivity index (χ3v) is 4.35. The second-order valence-corrected chi connectivity index (χ2v) is 6.00. The second kappa shape index (κ2) is 9.10. The monoisotopic (exact) mass is 405 g/mol. The summed E-state index contributed by atoms with van der Waals surface area (Å²) in [4.78, 5) is 13.3. The van der Waals surface area contributed by atoms with Crippen molar-refractivity contribution >= 4 is 41.5 Å². The number of carbonyl (C=O) groups is 1. The van der Waals surface area contributed by atoms with Gasteiger partial charge in [-0.3, -0.25) is 9.69 Å². The topological polar surface area (TPSA) is 44.4 Å². The zero-order valence-electron chi connectivity index (χ0n) is 12.5. The van der Waals surface area contributed by atoms with Crippen molar-refractivity contribution in [2.75, 3.05) is 32.7 Å². The van der Waals surface area contributed by atoms with Gasteiger partial charge in [0.15, 0.2) is 0 Å². The van der Waals surface area contributed by atoms with E-state index in [1.165, 1.54) is 23.1 Å². The van der Waals surface area contributed by atoms with E-state index in [1.807, 2.05) is 0 Å². The van der Waals surface area contributed by atoms with Gasteiger partial charge in [0.1, 0.15) is 6.04 Å². The minimum atomic E-state index is -4.41. The number of carbonyl (C=O) groups excluding carboxylic acids is 1. The van der Waals surface area contributed by atoms with E-state index in [-0.39, 0.29) is 41.1 Å². The third-order valence-electron chi connectivity index (χ3n) is 3.61. The van der Waals surface area contributed by atoms with E-state index in [9.17, 15) is 18.0 Å². The number of piperazine rings is 1. The van der Waals surface area contributed by atoms with Crippen molar-refractivity contribution in [2.24, 2.45) is 0 Å². The first kappa shape index (κ1) is 21.3. The molecule has 0 aliphatic carbocycles. The lowest BCUT2D eigenvalue weighted by Gasteiger charge is -2.35. The van der Waals surface area contributed by atoms with Crippen LogP contribution in [-0.2, 0) is 0 Å². The van der Waals surface area contributed by atoms with Crippen LogP contribution in [0, 0.1) is 0 Å². The maximum Gasteiger partial charge on any atom is 0.405 e. The number of rotatable bonds is 4. The van der Waals surface area contributed by atoms with Crippen LogP contribution in [0.4, 0.5) is 13.2 Å². The summed E-state index contributed by atoms with van der Waals surface area (Å²) in [5.41, 5.74) is 0.167. The Bertz CT molecular complexity index is 566. The summed E-state index contributed by atoms with van der Waals surface area (Å²) >= 11 is 11.6. The van der Waals surface area contributed by atoms with E-state index in [0.29, 0.717) is 13.1 Å². The molecule has 2 rings (SSSR count). The number of benzene rings is 1. The highest BCUT2D eigenvalue weighted by atomic mass is 35.5. The molecule has 10 heteroatoms. The number of amides is 1. The average molecular weight is 407 g/mol. The SMILES string of the molecule is Cl.O=C(NCC(N1CCNCC1)C(F)(F)F)c1ccc(Cl)c(Cl)c1. The number of hydrogen-bond acceptors (Lipinski definition) is 3. The molecule has 0 aromatic heterocycles. The molecule has 1 unspecified atom stereocenters. The molecule has 1 atom stereocenters. The Kier molecular flexibility index (Phi) is 8.08. The zero-order valence-corrected chi connectivity index (χ0v) is 14.8. The Morgan fingerprint density at radius 1 is 1.25 bits per heavy atom. The molecule has 1 saturated heterocycles. The molecule has 0 saturated carbocycles. The highest BCUT2D eigenvalue weighted by molar-refractivity contribution is 6.42. The highest BCUT2D eigenvalue weighted by Gasteiger charge is 2.43. The molecule has 1 aromatic rings. The minimum absolute atomic E-state index is 0. The first-order valence-corrected chi connectivity index (χ1v) is 7.79. The van der Waals surface area contributed by atoms with Gasteiger partial charge in [-0.1, -0.05) is 23.2 Å². The lowest BCUT2D eigenvalue weighted by atomic mass is 10.1. The van der Waals surface area contributed by atoms with Crippen molar-refractivity contribution in [1.29, 1.82) is 0 Å². The van der Waals surface area contributed by atoms with Crippen molar-refractivity contribution in [3.05, 3.63) is 33.8 Å². The molecule has 1 aliphatic heterocycles. The zero-order chi connectivity index (χ0) is 17.0. The van der Waals surface area contributed by atoms with Gasteiger partial charge >= 0.3 is 6.18 Å². The predicted octanol–water partition coefficient (Wildman–Crippen LogP) is 2.98. The van der Waals surface area contributed by atoms with E-state index in [2.05, 4.69) is 10.6 Å². The van der Waals surface area contributed by atoms with Crippen LogP contribution < -0.4 is 10.6 Å². The minimum Gasteiger partial charge on any atom is -0.350 e. The van der Waals surface area contributed by atoms with Crippen LogP contribution >= 0.6 is 35.6 Å². The van der Waals surface area contributed by atoms with Gasteiger partial charge in [0, 0.05) is 38.3 Å². The van der Waals surface area contributed by atoms with Crippen LogP contribution in [0.15, 0.2) is 18.2 Å². The largest absolute Gasteiger partial charge is 0.405 e. The molecule has 136 valence electrons. The molecule has 0 bridgehead atoms. The molecule has 1 amide bonds. The maximum atomic E-state index is 13.2. The van der Waals surface area contributed by atoms with Gasteiger partial charge in [0.05, 0.1) is 10.0 Å². The third kappa shape index (κ3) is 5.67. The fourth-order valence-electron chi connectivity index (χ4n) is 2.37. The van der Waals surface area contributed by atoms with Gasteiger partial charge in [0.25, 0.3) is 5.91 Å². The molecule has 1 aliphatic rings. The Hall–Kier alpha value is -0.730. The average Bonchev–Trinajstić information content (AvgIpc) is 2.49. The molecule has 0 radical (unpaired) electrons. The summed E-state index contributed by atoms with van der Waals surface area (Å²) in [6, 6.07) is 2.45. The molecular formula is C14H17Cl3F3N3O. The Balaban J connectivity index is 0.00000288. The summed E-state index contributed by atoms with van der Waals surface area (Å²) in [5, 5.41) is 5.78. The van der Waals surface area contributed by atoms with Gasteiger partial charge < -0.3 is 10.6 Å². The molecule has 1 heterocycles. The van der Waals surface area contributed by atoms with Crippen LogP contribution in [0.25, 0.3) is 0 Å². The number of halogens is 6. The molecule has 0 spiro atoms. The van der Waals surface area contributed by atoms with Crippen LogP contribution in [0.3, 0.4) is 0 Å². The fourth-order valence-corrected chi connectivity index (χ4v) is 2.67. The lowest BCUT2D eigenvalue weighted by molar-refractivity contribution is -0.183. The van der Waals surface area contributed by atoms with Crippen molar-refractivity contribution < 1.29 is 18.0 Å². The maximum absolute atomic E-state index is 13.2. The first-order chi connectivity index (χ1) is 10.8. The molecule has 2 N–H and O–H groups in total. The summed E-state index contributed by atoms with van der Waals surface area (Å²) < 4.78 is 39.7. The van der Waals surface area contributed by atoms with Crippen LogP contribution in [-0.4, -0.2) is 55.7 Å². The van der Waals surface area contributed by atoms with Crippen LogP contribution in [0.5, 0.6) is 0 Å². The summed E-state index contributed by atoms with van der Waals surface area (Å²) in [7, 11) is 0. The van der Waals surface area contributed by atoms with Gasteiger partial charge in [0.2, 0.25) is 0 Å². The molecule has 1 fully saturated rings.